The first kappa shape index (κ1) is 9.75. The van der Waals surface area contributed by atoms with E-state index >= 15 is 0 Å². The maximum atomic E-state index is 5.56. The van der Waals surface area contributed by atoms with Crippen molar-refractivity contribution in [2.75, 3.05) is 19.1 Å². The van der Waals surface area contributed by atoms with E-state index < -0.39 is 0 Å². The van der Waals surface area contributed by atoms with Gasteiger partial charge in [-0.25, -0.2) is 0 Å². The molecule has 1 nitrogen and oxygen atoms in total. The molecule has 1 heterocycles. The second kappa shape index (κ2) is 5.33. The molecule has 0 N–H and O–H groups in total. The van der Waals surface area contributed by atoms with Crippen molar-refractivity contribution in [2.24, 2.45) is 0 Å². The molecule has 0 aromatic rings. The van der Waals surface area contributed by atoms with Crippen LogP contribution < -0.4 is 0 Å². The number of hydrogen-bond acceptors (Lipinski definition) is 3. The van der Waals surface area contributed by atoms with Crippen molar-refractivity contribution in [3.05, 3.63) is 0 Å². The van der Waals surface area contributed by atoms with E-state index in [1.54, 1.807) is 0 Å². The second-order valence-electron chi connectivity index (χ2n) is 2.77. The third kappa shape index (κ3) is 3.26. The molecule has 3 heteroatoms. The summed E-state index contributed by atoms with van der Waals surface area (Å²) in [6, 6.07) is 0. The molecule has 0 aliphatic carbocycles. The maximum Gasteiger partial charge on any atom is 0.0594 e. The lowest BCUT2D eigenvalue weighted by molar-refractivity contribution is 0.108. The lowest BCUT2D eigenvalue weighted by Gasteiger charge is -2.15. The van der Waals surface area contributed by atoms with Gasteiger partial charge in [-0.3, -0.25) is 0 Å². The van der Waals surface area contributed by atoms with E-state index in [1.807, 2.05) is 23.5 Å². The van der Waals surface area contributed by atoms with Crippen LogP contribution in [-0.4, -0.2) is 29.8 Å². The summed E-state index contributed by atoms with van der Waals surface area (Å²) in [6.45, 7) is 0.986. The monoisotopic (exact) mass is 192 g/mol. The Labute approximate surface area is 77.6 Å². The molecule has 1 unspecified atom stereocenters. The SMILES string of the molecule is CSC(CC1CCCO1)SC. The molecule has 1 fully saturated rings. The van der Waals surface area contributed by atoms with Crippen LogP contribution in [0, 0.1) is 0 Å². The molecule has 1 rings (SSSR count). The van der Waals surface area contributed by atoms with E-state index in [1.165, 1.54) is 19.3 Å². The minimum Gasteiger partial charge on any atom is -0.378 e. The molecule has 66 valence electrons. The minimum absolute atomic E-state index is 0.555. The van der Waals surface area contributed by atoms with Gasteiger partial charge in [0, 0.05) is 6.61 Å². The normalized spacial score (nSPS) is 24.8. The number of rotatable bonds is 4. The van der Waals surface area contributed by atoms with Gasteiger partial charge in [-0.2, -0.15) is 23.5 Å². The van der Waals surface area contributed by atoms with Crippen LogP contribution in [0.2, 0.25) is 0 Å². The number of thioether (sulfide) groups is 2. The number of hydrogen-bond donors (Lipinski definition) is 0. The van der Waals surface area contributed by atoms with Gasteiger partial charge in [-0.15, -0.1) is 0 Å². The molecule has 0 bridgehead atoms. The Morgan fingerprint density at radius 3 is 2.64 bits per heavy atom. The first-order chi connectivity index (χ1) is 5.36. The van der Waals surface area contributed by atoms with Crippen molar-refractivity contribution < 1.29 is 4.74 Å². The average molecular weight is 192 g/mol. The Morgan fingerprint density at radius 1 is 1.45 bits per heavy atom. The molecule has 1 aliphatic heterocycles. The molecule has 1 atom stereocenters. The molecule has 0 spiro atoms. The molecule has 11 heavy (non-hydrogen) atoms. The summed E-state index contributed by atoms with van der Waals surface area (Å²) in [5.41, 5.74) is 0. The lowest BCUT2D eigenvalue weighted by Crippen LogP contribution is -2.11. The summed E-state index contributed by atoms with van der Waals surface area (Å²) in [5, 5.41) is 0. The summed E-state index contributed by atoms with van der Waals surface area (Å²) in [6.07, 6.45) is 8.67. The minimum atomic E-state index is 0.555. The predicted molar refractivity (Wildman–Crippen MR) is 54.4 cm³/mol. The van der Waals surface area contributed by atoms with E-state index in [2.05, 4.69) is 12.5 Å². The summed E-state index contributed by atoms with van der Waals surface area (Å²) < 4.78 is 6.29. The van der Waals surface area contributed by atoms with Gasteiger partial charge in [0.25, 0.3) is 0 Å². The quantitative estimate of drug-likeness (QED) is 0.634. The van der Waals surface area contributed by atoms with Crippen molar-refractivity contribution in [1.29, 1.82) is 0 Å². The van der Waals surface area contributed by atoms with Crippen molar-refractivity contribution >= 4 is 23.5 Å². The molecule has 0 radical (unpaired) electrons. The molecule has 0 amide bonds. The van der Waals surface area contributed by atoms with Crippen LogP contribution in [-0.2, 0) is 4.74 Å². The van der Waals surface area contributed by atoms with Gasteiger partial charge in [-0.1, -0.05) is 0 Å². The second-order valence-corrected chi connectivity index (χ2v) is 5.15. The highest BCUT2D eigenvalue weighted by atomic mass is 32.2. The van der Waals surface area contributed by atoms with Crippen molar-refractivity contribution in [3.63, 3.8) is 0 Å². The molecule has 1 aliphatic rings. The standard InChI is InChI=1S/C8H16OS2/c1-10-8(11-2)6-7-4-3-5-9-7/h7-8H,3-6H2,1-2H3. The highest BCUT2D eigenvalue weighted by Crippen LogP contribution is 2.28. The first-order valence-corrected chi connectivity index (χ1v) is 6.61. The summed E-state index contributed by atoms with van der Waals surface area (Å²) in [4.78, 5) is 0. The van der Waals surface area contributed by atoms with Crippen LogP contribution in [0.4, 0.5) is 0 Å². The summed E-state index contributed by atoms with van der Waals surface area (Å²) in [5.74, 6) is 0. The van der Waals surface area contributed by atoms with E-state index in [9.17, 15) is 0 Å². The maximum absolute atomic E-state index is 5.56. The van der Waals surface area contributed by atoms with E-state index in [-0.39, 0.29) is 0 Å². The van der Waals surface area contributed by atoms with Crippen LogP contribution in [0.15, 0.2) is 0 Å². The Morgan fingerprint density at radius 2 is 2.18 bits per heavy atom. The average Bonchev–Trinajstić information content (AvgIpc) is 2.52. The van der Waals surface area contributed by atoms with E-state index in [4.69, 9.17) is 4.74 Å². The molecular weight excluding hydrogens is 176 g/mol. The fraction of sp³-hybridized carbons (Fsp3) is 1.00. The van der Waals surface area contributed by atoms with Crippen molar-refractivity contribution in [2.45, 2.75) is 29.9 Å². The van der Waals surface area contributed by atoms with Crippen LogP contribution in [0.1, 0.15) is 19.3 Å². The van der Waals surface area contributed by atoms with Gasteiger partial charge < -0.3 is 4.74 Å². The Bertz CT molecular complexity index is 98.3. The molecule has 0 aromatic carbocycles. The lowest BCUT2D eigenvalue weighted by atomic mass is 10.2. The fourth-order valence-corrected chi connectivity index (χ4v) is 2.92. The first-order valence-electron chi connectivity index (χ1n) is 4.04. The molecule has 0 saturated carbocycles. The Hall–Kier alpha value is 0.660. The predicted octanol–water partition coefficient (Wildman–Crippen LogP) is 2.61. The van der Waals surface area contributed by atoms with Crippen LogP contribution in [0.3, 0.4) is 0 Å². The van der Waals surface area contributed by atoms with Crippen LogP contribution >= 0.6 is 23.5 Å². The largest absolute Gasteiger partial charge is 0.378 e. The molecule has 1 saturated heterocycles. The van der Waals surface area contributed by atoms with Gasteiger partial charge >= 0.3 is 0 Å². The van der Waals surface area contributed by atoms with E-state index in [0.717, 1.165) is 11.2 Å². The van der Waals surface area contributed by atoms with Gasteiger partial charge in [0.15, 0.2) is 0 Å². The third-order valence-electron chi connectivity index (χ3n) is 2.01. The van der Waals surface area contributed by atoms with Crippen LogP contribution in [0.5, 0.6) is 0 Å². The van der Waals surface area contributed by atoms with Crippen LogP contribution in [0.25, 0.3) is 0 Å². The topological polar surface area (TPSA) is 9.23 Å². The highest BCUT2D eigenvalue weighted by Gasteiger charge is 2.19. The molecular formula is C8H16OS2. The highest BCUT2D eigenvalue weighted by molar-refractivity contribution is 8.16. The van der Waals surface area contributed by atoms with Crippen molar-refractivity contribution in [3.8, 4) is 0 Å². The summed E-state index contributed by atoms with van der Waals surface area (Å²) >= 11 is 3.88. The zero-order chi connectivity index (χ0) is 8.10. The Balaban J connectivity index is 2.16. The number of ether oxygens (including phenoxy) is 1. The zero-order valence-electron chi connectivity index (χ0n) is 7.21. The summed E-state index contributed by atoms with van der Waals surface area (Å²) in [7, 11) is 0. The Kier molecular flexibility index (Phi) is 4.72. The van der Waals surface area contributed by atoms with Gasteiger partial charge in [0.05, 0.1) is 10.7 Å². The smallest absolute Gasteiger partial charge is 0.0594 e. The molecule has 0 aromatic heterocycles. The van der Waals surface area contributed by atoms with Gasteiger partial charge in [0.2, 0.25) is 0 Å². The zero-order valence-corrected chi connectivity index (χ0v) is 8.84. The van der Waals surface area contributed by atoms with E-state index in [0.29, 0.717) is 6.10 Å². The van der Waals surface area contributed by atoms with Gasteiger partial charge in [-0.05, 0) is 31.8 Å². The third-order valence-corrected chi connectivity index (χ3v) is 4.60. The van der Waals surface area contributed by atoms with Crippen molar-refractivity contribution in [1.82, 2.24) is 0 Å². The van der Waals surface area contributed by atoms with Gasteiger partial charge in [0.1, 0.15) is 0 Å². The fourth-order valence-electron chi connectivity index (χ4n) is 1.33.